The number of nitrogens with two attached hydrogens (primary N) is 1. The summed E-state index contributed by atoms with van der Waals surface area (Å²) in [5.74, 6) is -0.159. The van der Waals surface area contributed by atoms with Crippen LogP contribution in [0.4, 0.5) is 0 Å². The number of benzene rings is 1. The van der Waals surface area contributed by atoms with Gasteiger partial charge in [-0.3, -0.25) is 14.6 Å². The normalized spacial score (nSPS) is 12.0. The number of nitrogens with zero attached hydrogens (tertiary/aromatic N) is 2. The molecule has 0 spiro atoms. The van der Waals surface area contributed by atoms with E-state index in [2.05, 4.69) is 20.3 Å². The SMILES string of the molecule is CCC[C@H](NC(=O)c1ccc2nc(-c3ccncc3)[nH]c2c1)C(N)=O. The molecule has 128 valence electrons. The van der Waals surface area contributed by atoms with Crippen molar-refractivity contribution in [2.75, 3.05) is 0 Å². The molecule has 0 radical (unpaired) electrons. The zero-order valence-corrected chi connectivity index (χ0v) is 13.8. The third kappa shape index (κ3) is 3.65. The van der Waals surface area contributed by atoms with Crippen molar-refractivity contribution < 1.29 is 9.59 Å². The van der Waals surface area contributed by atoms with Crippen molar-refractivity contribution in [3.8, 4) is 11.4 Å². The van der Waals surface area contributed by atoms with E-state index in [1.165, 1.54) is 0 Å². The number of hydrogen-bond acceptors (Lipinski definition) is 4. The van der Waals surface area contributed by atoms with Gasteiger partial charge in [-0.2, -0.15) is 0 Å². The number of aromatic nitrogens is 3. The molecule has 4 N–H and O–H groups in total. The van der Waals surface area contributed by atoms with Crippen LogP contribution in [-0.4, -0.2) is 32.8 Å². The standard InChI is InChI=1S/C18H19N5O2/c1-2-3-14(16(19)24)23-18(25)12-4-5-13-15(10-12)22-17(21-13)11-6-8-20-9-7-11/h4-10,14H,2-3H2,1H3,(H2,19,24)(H,21,22)(H,23,25)/t14-/m0/s1. The van der Waals surface area contributed by atoms with Gasteiger partial charge >= 0.3 is 0 Å². The van der Waals surface area contributed by atoms with E-state index >= 15 is 0 Å². The topological polar surface area (TPSA) is 114 Å². The number of hydrogen-bond donors (Lipinski definition) is 3. The van der Waals surface area contributed by atoms with E-state index in [1.54, 1.807) is 30.6 Å². The molecule has 2 aromatic heterocycles. The average Bonchev–Trinajstić information content (AvgIpc) is 3.05. The minimum atomic E-state index is -0.664. The maximum absolute atomic E-state index is 12.4. The second-order valence-electron chi connectivity index (χ2n) is 5.77. The van der Waals surface area contributed by atoms with Crippen molar-refractivity contribution in [2.24, 2.45) is 5.73 Å². The quantitative estimate of drug-likeness (QED) is 0.638. The van der Waals surface area contributed by atoms with Crippen LogP contribution in [0.3, 0.4) is 0 Å². The maximum atomic E-state index is 12.4. The lowest BCUT2D eigenvalue weighted by atomic mass is 10.1. The Morgan fingerprint density at radius 2 is 2.00 bits per heavy atom. The third-order valence-corrected chi connectivity index (χ3v) is 3.92. The minimum Gasteiger partial charge on any atom is -0.368 e. The van der Waals surface area contributed by atoms with Gasteiger partial charge in [-0.05, 0) is 36.8 Å². The predicted octanol–water partition coefficient (Wildman–Crippen LogP) is 2.01. The number of nitrogens with one attached hydrogen (secondary N) is 2. The molecular weight excluding hydrogens is 318 g/mol. The molecule has 2 heterocycles. The highest BCUT2D eigenvalue weighted by Crippen LogP contribution is 2.20. The fraction of sp³-hybridized carbons (Fsp3) is 0.222. The summed E-state index contributed by atoms with van der Waals surface area (Å²) in [6, 6.07) is 8.21. The summed E-state index contributed by atoms with van der Waals surface area (Å²) < 4.78 is 0. The van der Waals surface area contributed by atoms with Crippen molar-refractivity contribution in [3.05, 3.63) is 48.3 Å². The molecule has 3 aromatic rings. The van der Waals surface area contributed by atoms with Crippen LogP contribution in [0.2, 0.25) is 0 Å². The van der Waals surface area contributed by atoms with Crippen LogP contribution < -0.4 is 11.1 Å². The van der Waals surface area contributed by atoms with Gasteiger partial charge in [0, 0.05) is 23.5 Å². The Morgan fingerprint density at radius 3 is 2.68 bits per heavy atom. The zero-order chi connectivity index (χ0) is 17.8. The van der Waals surface area contributed by atoms with Gasteiger partial charge in [0.1, 0.15) is 11.9 Å². The molecule has 1 aromatic carbocycles. The Kier molecular flexibility index (Phi) is 4.74. The number of amides is 2. The van der Waals surface area contributed by atoms with Crippen LogP contribution in [0, 0.1) is 0 Å². The Bertz CT molecular complexity index is 904. The molecule has 3 rings (SSSR count). The lowest BCUT2D eigenvalue weighted by Gasteiger charge is -2.14. The van der Waals surface area contributed by atoms with E-state index in [0.717, 1.165) is 23.0 Å². The molecular formula is C18H19N5O2. The number of carbonyl (C=O) groups excluding carboxylic acids is 2. The van der Waals surface area contributed by atoms with E-state index < -0.39 is 11.9 Å². The van der Waals surface area contributed by atoms with E-state index in [9.17, 15) is 9.59 Å². The van der Waals surface area contributed by atoms with Gasteiger partial charge in [0.2, 0.25) is 5.91 Å². The highest BCUT2D eigenvalue weighted by molar-refractivity contribution is 5.99. The maximum Gasteiger partial charge on any atom is 0.252 e. The van der Waals surface area contributed by atoms with E-state index in [4.69, 9.17) is 5.73 Å². The molecule has 7 nitrogen and oxygen atoms in total. The summed E-state index contributed by atoms with van der Waals surface area (Å²) in [6.07, 6.45) is 4.65. The van der Waals surface area contributed by atoms with Crippen LogP contribution >= 0.6 is 0 Å². The summed E-state index contributed by atoms with van der Waals surface area (Å²) in [7, 11) is 0. The van der Waals surface area contributed by atoms with Crippen molar-refractivity contribution in [2.45, 2.75) is 25.8 Å². The van der Waals surface area contributed by atoms with Crippen molar-refractivity contribution >= 4 is 22.8 Å². The monoisotopic (exact) mass is 337 g/mol. The molecule has 25 heavy (non-hydrogen) atoms. The summed E-state index contributed by atoms with van der Waals surface area (Å²) in [4.78, 5) is 35.5. The van der Waals surface area contributed by atoms with Crippen LogP contribution in [0.5, 0.6) is 0 Å². The summed E-state index contributed by atoms with van der Waals surface area (Å²) in [5, 5.41) is 2.68. The fourth-order valence-corrected chi connectivity index (χ4v) is 2.61. The lowest BCUT2D eigenvalue weighted by Crippen LogP contribution is -2.44. The van der Waals surface area contributed by atoms with Crippen molar-refractivity contribution in [1.29, 1.82) is 0 Å². The van der Waals surface area contributed by atoms with Crippen LogP contribution in [0.15, 0.2) is 42.7 Å². The van der Waals surface area contributed by atoms with Crippen LogP contribution in [0.1, 0.15) is 30.1 Å². The van der Waals surface area contributed by atoms with E-state index in [0.29, 0.717) is 17.8 Å². The molecule has 0 fully saturated rings. The molecule has 0 saturated carbocycles. The summed E-state index contributed by atoms with van der Waals surface area (Å²) in [6.45, 7) is 1.93. The van der Waals surface area contributed by atoms with Gasteiger partial charge in [0.25, 0.3) is 5.91 Å². The molecule has 0 aliphatic rings. The highest BCUT2D eigenvalue weighted by atomic mass is 16.2. The molecule has 0 unspecified atom stereocenters. The first-order valence-corrected chi connectivity index (χ1v) is 8.09. The molecule has 0 bridgehead atoms. The van der Waals surface area contributed by atoms with Crippen LogP contribution in [-0.2, 0) is 4.79 Å². The van der Waals surface area contributed by atoms with Gasteiger partial charge in [0.15, 0.2) is 0 Å². The molecule has 1 atom stereocenters. The van der Waals surface area contributed by atoms with Gasteiger partial charge in [-0.25, -0.2) is 4.98 Å². The Hall–Kier alpha value is -3.22. The van der Waals surface area contributed by atoms with Gasteiger partial charge < -0.3 is 16.0 Å². The highest BCUT2D eigenvalue weighted by Gasteiger charge is 2.18. The smallest absolute Gasteiger partial charge is 0.252 e. The van der Waals surface area contributed by atoms with Crippen molar-refractivity contribution in [1.82, 2.24) is 20.3 Å². The number of imidazole rings is 1. The molecule has 0 saturated heterocycles. The first kappa shape index (κ1) is 16.6. The average molecular weight is 337 g/mol. The number of primary amides is 1. The van der Waals surface area contributed by atoms with Gasteiger partial charge in [-0.1, -0.05) is 13.3 Å². The largest absolute Gasteiger partial charge is 0.368 e. The van der Waals surface area contributed by atoms with E-state index in [1.807, 2.05) is 19.1 Å². The van der Waals surface area contributed by atoms with E-state index in [-0.39, 0.29) is 5.91 Å². The first-order valence-electron chi connectivity index (χ1n) is 8.09. The fourth-order valence-electron chi connectivity index (χ4n) is 2.61. The number of pyridine rings is 1. The number of rotatable bonds is 6. The van der Waals surface area contributed by atoms with Crippen LogP contribution in [0.25, 0.3) is 22.4 Å². The summed E-state index contributed by atoms with van der Waals surface area (Å²) >= 11 is 0. The number of H-pyrrole nitrogens is 1. The van der Waals surface area contributed by atoms with Gasteiger partial charge in [-0.15, -0.1) is 0 Å². The van der Waals surface area contributed by atoms with Crippen molar-refractivity contribution in [3.63, 3.8) is 0 Å². The lowest BCUT2D eigenvalue weighted by molar-refractivity contribution is -0.120. The second kappa shape index (κ2) is 7.12. The molecule has 7 heteroatoms. The molecule has 0 aliphatic heterocycles. The number of fused-ring (bicyclic) bond motifs is 1. The number of aromatic amines is 1. The molecule has 2 amide bonds. The number of carbonyl (C=O) groups is 2. The van der Waals surface area contributed by atoms with Gasteiger partial charge in [0.05, 0.1) is 11.0 Å². The third-order valence-electron chi connectivity index (χ3n) is 3.92. The molecule has 0 aliphatic carbocycles. The summed E-state index contributed by atoms with van der Waals surface area (Å²) in [5.41, 5.74) is 8.18. The first-order chi connectivity index (χ1) is 12.1. The second-order valence-corrected chi connectivity index (χ2v) is 5.77. The zero-order valence-electron chi connectivity index (χ0n) is 13.8. The Labute approximate surface area is 144 Å². The Morgan fingerprint density at radius 1 is 1.24 bits per heavy atom. The minimum absolute atomic E-state index is 0.334. The predicted molar refractivity (Wildman–Crippen MR) is 94.7 cm³/mol. The Balaban J connectivity index is 1.85.